The summed E-state index contributed by atoms with van der Waals surface area (Å²) in [7, 11) is 0. The molecule has 0 aliphatic heterocycles. The van der Waals surface area contributed by atoms with Gasteiger partial charge in [0.25, 0.3) is 0 Å². The van der Waals surface area contributed by atoms with E-state index < -0.39 is 0 Å². The van der Waals surface area contributed by atoms with Crippen LogP contribution in [0.5, 0.6) is 0 Å². The first-order valence-electron chi connectivity index (χ1n) is 6.66. The van der Waals surface area contributed by atoms with Gasteiger partial charge in [0.1, 0.15) is 0 Å². The third-order valence-electron chi connectivity index (χ3n) is 3.96. The Balaban J connectivity index is 1.91. The number of rotatable bonds is 1. The first kappa shape index (κ1) is 10.3. The van der Waals surface area contributed by atoms with Crippen molar-refractivity contribution in [3.63, 3.8) is 0 Å². The van der Waals surface area contributed by atoms with Gasteiger partial charge in [0.15, 0.2) is 0 Å². The maximum Gasteiger partial charge on any atom is -0.0203 e. The molecule has 0 bridgehead atoms. The highest BCUT2D eigenvalue weighted by Gasteiger charge is 2.17. The van der Waals surface area contributed by atoms with Gasteiger partial charge >= 0.3 is 0 Å². The van der Waals surface area contributed by atoms with Gasteiger partial charge in [0.05, 0.1) is 0 Å². The Labute approximate surface area is 88.8 Å². The summed E-state index contributed by atoms with van der Waals surface area (Å²) in [4.78, 5) is 0. The molecule has 2 aliphatic rings. The van der Waals surface area contributed by atoms with Gasteiger partial charge < -0.3 is 0 Å². The first-order chi connectivity index (χ1) is 6.97. The molecule has 0 spiro atoms. The fourth-order valence-electron chi connectivity index (χ4n) is 3.06. The van der Waals surface area contributed by atoms with E-state index in [2.05, 4.69) is 6.08 Å². The van der Waals surface area contributed by atoms with Crippen LogP contribution in [0.25, 0.3) is 0 Å². The van der Waals surface area contributed by atoms with E-state index in [1.54, 1.807) is 0 Å². The summed E-state index contributed by atoms with van der Waals surface area (Å²) in [6, 6.07) is 0. The molecule has 0 saturated heterocycles. The molecule has 0 unspecified atom stereocenters. The molecule has 0 aromatic rings. The predicted molar refractivity (Wildman–Crippen MR) is 62.4 cm³/mol. The van der Waals surface area contributed by atoms with Crippen LogP contribution >= 0.6 is 0 Å². The molecule has 1 saturated carbocycles. The lowest BCUT2D eigenvalue weighted by Crippen LogP contribution is -2.10. The topological polar surface area (TPSA) is 0 Å². The molecule has 2 aliphatic carbocycles. The van der Waals surface area contributed by atoms with Crippen molar-refractivity contribution in [2.45, 2.75) is 70.6 Å². The first-order valence-corrected chi connectivity index (χ1v) is 6.66. The van der Waals surface area contributed by atoms with Crippen LogP contribution < -0.4 is 0 Å². The van der Waals surface area contributed by atoms with Crippen molar-refractivity contribution in [1.82, 2.24) is 0 Å². The monoisotopic (exact) mass is 192 g/mol. The molecular formula is C14H24. The van der Waals surface area contributed by atoms with Gasteiger partial charge in [-0.25, -0.2) is 0 Å². The second-order valence-corrected chi connectivity index (χ2v) is 5.07. The zero-order chi connectivity index (χ0) is 9.64. The van der Waals surface area contributed by atoms with Gasteiger partial charge in [0.2, 0.25) is 0 Å². The Morgan fingerprint density at radius 1 is 0.786 bits per heavy atom. The largest absolute Gasteiger partial charge is 0.0851 e. The van der Waals surface area contributed by atoms with Crippen LogP contribution in [0.1, 0.15) is 70.6 Å². The van der Waals surface area contributed by atoms with Crippen LogP contribution in [0.15, 0.2) is 11.6 Å². The zero-order valence-electron chi connectivity index (χ0n) is 9.43. The Hall–Kier alpha value is -0.260. The van der Waals surface area contributed by atoms with Gasteiger partial charge in [0, 0.05) is 0 Å². The summed E-state index contributed by atoms with van der Waals surface area (Å²) in [6.07, 6.45) is 18.7. The number of hydrogen-bond acceptors (Lipinski definition) is 0. The van der Waals surface area contributed by atoms with Crippen LogP contribution in [-0.2, 0) is 0 Å². The van der Waals surface area contributed by atoms with Crippen LogP contribution in [0.4, 0.5) is 0 Å². The minimum atomic E-state index is 0.988. The Kier molecular flexibility index (Phi) is 4.09. The molecule has 0 N–H and O–H groups in total. The van der Waals surface area contributed by atoms with Crippen molar-refractivity contribution in [2.24, 2.45) is 5.92 Å². The number of allylic oxidation sites excluding steroid dienone is 2. The minimum absolute atomic E-state index is 0.988. The van der Waals surface area contributed by atoms with E-state index in [9.17, 15) is 0 Å². The minimum Gasteiger partial charge on any atom is -0.0851 e. The van der Waals surface area contributed by atoms with Crippen molar-refractivity contribution in [2.75, 3.05) is 0 Å². The van der Waals surface area contributed by atoms with Crippen molar-refractivity contribution in [3.8, 4) is 0 Å². The number of hydrogen-bond donors (Lipinski definition) is 0. The van der Waals surface area contributed by atoms with E-state index in [0.29, 0.717) is 0 Å². The van der Waals surface area contributed by atoms with Crippen LogP contribution in [0.2, 0.25) is 0 Å². The highest BCUT2D eigenvalue weighted by molar-refractivity contribution is 5.08. The summed E-state index contributed by atoms with van der Waals surface area (Å²) < 4.78 is 0. The summed E-state index contributed by atoms with van der Waals surface area (Å²) in [5.74, 6) is 0.988. The smallest absolute Gasteiger partial charge is 0.0203 e. The van der Waals surface area contributed by atoms with Gasteiger partial charge in [-0.3, -0.25) is 0 Å². The Morgan fingerprint density at radius 2 is 1.50 bits per heavy atom. The summed E-state index contributed by atoms with van der Waals surface area (Å²) in [5.41, 5.74) is 1.84. The molecule has 0 aromatic carbocycles. The van der Waals surface area contributed by atoms with Gasteiger partial charge in [-0.15, -0.1) is 0 Å². The fraction of sp³-hybridized carbons (Fsp3) is 0.857. The van der Waals surface area contributed by atoms with E-state index in [1.165, 1.54) is 70.6 Å². The Bertz CT molecular complexity index is 184. The predicted octanol–water partition coefficient (Wildman–Crippen LogP) is 4.85. The normalized spacial score (nSPS) is 26.4. The SMILES string of the molecule is C1=C(C2CCCCC2)CCCCCC1. The van der Waals surface area contributed by atoms with E-state index in [1.807, 2.05) is 5.57 Å². The van der Waals surface area contributed by atoms with Gasteiger partial charge in [-0.1, -0.05) is 43.8 Å². The average Bonchev–Trinajstić information content (AvgIpc) is 2.18. The zero-order valence-corrected chi connectivity index (χ0v) is 9.43. The second kappa shape index (κ2) is 5.58. The Morgan fingerprint density at radius 3 is 2.36 bits per heavy atom. The molecule has 0 amide bonds. The second-order valence-electron chi connectivity index (χ2n) is 5.07. The average molecular weight is 192 g/mol. The van der Waals surface area contributed by atoms with Crippen LogP contribution in [0.3, 0.4) is 0 Å². The standard InChI is InChI=1S/C14H24/c1-2-5-9-13(10-6-3-1)14-11-7-4-8-12-14/h9,14H,1-8,10-12H2. The molecule has 0 aromatic heterocycles. The van der Waals surface area contributed by atoms with Crippen LogP contribution in [0, 0.1) is 5.92 Å². The van der Waals surface area contributed by atoms with Gasteiger partial charge in [-0.05, 0) is 44.4 Å². The summed E-state index contributed by atoms with van der Waals surface area (Å²) >= 11 is 0. The molecule has 80 valence electrons. The molecule has 2 rings (SSSR count). The quantitative estimate of drug-likeness (QED) is 0.521. The molecule has 1 fully saturated rings. The summed E-state index contributed by atoms with van der Waals surface area (Å²) in [5, 5.41) is 0. The van der Waals surface area contributed by atoms with E-state index in [-0.39, 0.29) is 0 Å². The maximum absolute atomic E-state index is 2.59. The van der Waals surface area contributed by atoms with Crippen LogP contribution in [-0.4, -0.2) is 0 Å². The van der Waals surface area contributed by atoms with Crippen molar-refractivity contribution in [1.29, 1.82) is 0 Å². The highest BCUT2D eigenvalue weighted by Crippen LogP contribution is 2.33. The van der Waals surface area contributed by atoms with Crippen molar-refractivity contribution >= 4 is 0 Å². The highest BCUT2D eigenvalue weighted by atomic mass is 14.2. The molecule has 14 heavy (non-hydrogen) atoms. The lowest BCUT2D eigenvalue weighted by atomic mass is 9.80. The fourth-order valence-corrected chi connectivity index (χ4v) is 3.06. The van der Waals surface area contributed by atoms with Crippen molar-refractivity contribution in [3.05, 3.63) is 11.6 Å². The molecule has 0 heterocycles. The maximum atomic E-state index is 2.59. The molecular weight excluding hydrogens is 168 g/mol. The van der Waals surface area contributed by atoms with Gasteiger partial charge in [-0.2, -0.15) is 0 Å². The lowest BCUT2D eigenvalue weighted by molar-refractivity contribution is 0.388. The molecule has 0 heteroatoms. The third-order valence-corrected chi connectivity index (χ3v) is 3.96. The van der Waals surface area contributed by atoms with E-state index in [0.717, 1.165) is 5.92 Å². The van der Waals surface area contributed by atoms with Crippen molar-refractivity contribution < 1.29 is 0 Å². The lowest BCUT2D eigenvalue weighted by Gasteiger charge is -2.25. The van der Waals surface area contributed by atoms with E-state index in [4.69, 9.17) is 0 Å². The molecule has 0 radical (unpaired) electrons. The van der Waals surface area contributed by atoms with E-state index >= 15 is 0 Å². The molecule has 0 nitrogen and oxygen atoms in total. The summed E-state index contributed by atoms with van der Waals surface area (Å²) in [6.45, 7) is 0. The third kappa shape index (κ3) is 2.87. The molecule has 0 atom stereocenters.